The minimum atomic E-state index is -0.306. The Balaban J connectivity index is 1.64. The highest BCUT2D eigenvalue weighted by Crippen LogP contribution is 2.17. The second-order valence-corrected chi connectivity index (χ2v) is 6.73. The van der Waals surface area contributed by atoms with E-state index in [1.807, 2.05) is 61.2 Å². The minimum absolute atomic E-state index is 0.163. The van der Waals surface area contributed by atoms with Crippen LogP contribution in [-0.2, 0) is 13.1 Å². The predicted molar refractivity (Wildman–Crippen MR) is 118 cm³/mol. The first kappa shape index (κ1) is 21.1. The molecular weight excluding hydrogens is 378 g/mol. The lowest BCUT2D eigenvalue weighted by Gasteiger charge is -2.21. The lowest BCUT2D eigenvalue weighted by molar-refractivity contribution is 0.0951. The maximum absolute atomic E-state index is 12.5. The standard InChI is InChI=1S/C23H27N5O2/c1-3-28(16-18-8-6-5-7-9-18)23-26-15-20(21(24)27-23)22(29)25-14-17-10-12-19(13-11-17)30-4-2/h5-13,15H,3-4,14,16H2,1-2H3,(H,25,29)(H2,24,26,27). The summed E-state index contributed by atoms with van der Waals surface area (Å²) in [6.45, 7) is 6.35. The van der Waals surface area contributed by atoms with E-state index in [2.05, 4.69) is 27.4 Å². The molecule has 1 amide bonds. The normalized spacial score (nSPS) is 10.5. The van der Waals surface area contributed by atoms with Crippen molar-refractivity contribution in [3.8, 4) is 5.75 Å². The molecule has 0 radical (unpaired) electrons. The molecule has 7 heteroatoms. The van der Waals surface area contributed by atoms with Gasteiger partial charge in [-0.2, -0.15) is 4.98 Å². The van der Waals surface area contributed by atoms with Crippen molar-refractivity contribution in [3.63, 3.8) is 0 Å². The van der Waals surface area contributed by atoms with Crippen LogP contribution in [0.15, 0.2) is 60.8 Å². The zero-order chi connectivity index (χ0) is 21.3. The first-order chi connectivity index (χ1) is 14.6. The molecule has 0 aliphatic heterocycles. The van der Waals surface area contributed by atoms with Crippen LogP contribution in [0.4, 0.5) is 11.8 Å². The maximum atomic E-state index is 12.5. The molecule has 0 saturated carbocycles. The first-order valence-corrected chi connectivity index (χ1v) is 10.0. The number of aromatic nitrogens is 2. The van der Waals surface area contributed by atoms with Gasteiger partial charge in [0, 0.05) is 25.8 Å². The smallest absolute Gasteiger partial charge is 0.256 e. The van der Waals surface area contributed by atoms with E-state index in [4.69, 9.17) is 10.5 Å². The zero-order valence-corrected chi connectivity index (χ0v) is 17.3. The van der Waals surface area contributed by atoms with Crippen LogP contribution in [0, 0.1) is 0 Å². The van der Waals surface area contributed by atoms with Crippen LogP contribution in [0.25, 0.3) is 0 Å². The van der Waals surface area contributed by atoms with Gasteiger partial charge in [-0.05, 0) is 37.1 Å². The number of ether oxygens (including phenoxy) is 1. The van der Waals surface area contributed by atoms with Crippen molar-refractivity contribution in [2.75, 3.05) is 23.8 Å². The number of carbonyl (C=O) groups excluding carboxylic acids is 1. The number of benzene rings is 2. The van der Waals surface area contributed by atoms with Gasteiger partial charge in [-0.25, -0.2) is 4.98 Å². The molecule has 0 aliphatic rings. The van der Waals surface area contributed by atoms with Crippen molar-refractivity contribution < 1.29 is 9.53 Å². The molecule has 1 heterocycles. The summed E-state index contributed by atoms with van der Waals surface area (Å²) in [4.78, 5) is 23.3. The molecule has 3 aromatic rings. The Morgan fingerprint density at radius 3 is 2.43 bits per heavy atom. The van der Waals surface area contributed by atoms with E-state index in [1.54, 1.807) is 0 Å². The third-order valence-electron chi connectivity index (χ3n) is 4.62. The molecule has 30 heavy (non-hydrogen) atoms. The van der Waals surface area contributed by atoms with Crippen LogP contribution in [0.2, 0.25) is 0 Å². The van der Waals surface area contributed by atoms with Crippen molar-refractivity contribution in [3.05, 3.63) is 77.5 Å². The zero-order valence-electron chi connectivity index (χ0n) is 17.3. The van der Waals surface area contributed by atoms with Gasteiger partial charge in [-0.3, -0.25) is 4.79 Å². The van der Waals surface area contributed by atoms with Gasteiger partial charge in [0.1, 0.15) is 11.6 Å². The summed E-state index contributed by atoms with van der Waals surface area (Å²) in [7, 11) is 0. The van der Waals surface area contributed by atoms with Crippen LogP contribution < -0.4 is 20.7 Å². The number of nitrogens with two attached hydrogens (primary N) is 1. The average Bonchev–Trinajstić information content (AvgIpc) is 2.77. The molecule has 2 aromatic carbocycles. The Kier molecular flexibility index (Phi) is 7.21. The van der Waals surface area contributed by atoms with Gasteiger partial charge < -0.3 is 20.7 Å². The molecule has 0 atom stereocenters. The van der Waals surface area contributed by atoms with Crippen molar-refractivity contribution in [2.45, 2.75) is 26.9 Å². The van der Waals surface area contributed by atoms with Gasteiger partial charge in [-0.15, -0.1) is 0 Å². The molecule has 0 bridgehead atoms. The average molecular weight is 406 g/mol. The van der Waals surface area contributed by atoms with Crippen LogP contribution in [0.5, 0.6) is 5.75 Å². The van der Waals surface area contributed by atoms with Crippen LogP contribution in [0.1, 0.15) is 35.3 Å². The molecule has 0 aliphatic carbocycles. The summed E-state index contributed by atoms with van der Waals surface area (Å²) in [6.07, 6.45) is 1.48. The van der Waals surface area contributed by atoms with E-state index in [0.29, 0.717) is 25.6 Å². The van der Waals surface area contributed by atoms with E-state index in [-0.39, 0.29) is 17.3 Å². The van der Waals surface area contributed by atoms with Gasteiger partial charge in [0.15, 0.2) is 0 Å². The van der Waals surface area contributed by atoms with E-state index in [9.17, 15) is 4.79 Å². The van der Waals surface area contributed by atoms with E-state index < -0.39 is 0 Å². The number of amides is 1. The monoisotopic (exact) mass is 405 g/mol. The second-order valence-electron chi connectivity index (χ2n) is 6.73. The third kappa shape index (κ3) is 5.47. The van der Waals surface area contributed by atoms with Crippen LogP contribution in [-0.4, -0.2) is 29.0 Å². The number of nitrogens with one attached hydrogen (secondary N) is 1. The molecule has 0 saturated heterocycles. The number of nitrogens with zero attached hydrogens (tertiary/aromatic N) is 3. The molecule has 0 spiro atoms. The Labute approximate surface area is 176 Å². The number of carbonyl (C=O) groups is 1. The second kappa shape index (κ2) is 10.2. The van der Waals surface area contributed by atoms with Crippen LogP contribution in [0.3, 0.4) is 0 Å². The molecule has 156 valence electrons. The first-order valence-electron chi connectivity index (χ1n) is 10.0. The summed E-state index contributed by atoms with van der Waals surface area (Å²) in [5.41, 5.74) is 8.45. The summed E-state index contributed by atoms with van der Waals surface area (Å²) in [5.74, 6) is 1.16. The Morgan fingerprint density at radius 2 is 1.80 bits per heavy atom. The van der Waals surface area contributed by atoms with E-state index in [1.165, 1.54) is 6.20 Å². The molecular formula is C23H27N5O2. The van der Waals surface area contributed by atoms with Crippen LogP contribution >= 0.6 is 0 Å². The van der Waals surface area contributed by atoms with Gasteiger partial charge in [0.05, 0.1) is 12.2 Å². The highest BCUT2D eigenvalue weighted by atomic mass is 16.5. The van der Waals surface area contributed by atoms with Crippen molar-refractivity contribution in [2.24, 2.45) is 0 Å². The number of rotatable bonds is 9. The summed E-state index contributed by atoms with van der Waals surface area (Å²) < 4.78 is 5.42. The Bertz CT molecular complexity index is 961. The van der Waals surface area contributed by atoms with Crippen molar-refractivity contribution >= 4 is 17.7 Å². The number of hydrogen-bond donors (Lipinski definition) is 2. The molecule has 1 aromatic heterocycles. The molecule has 0 fully saturated rings. The van der Waals surface area contributed by atoms with Crippen molar-refractivity contribution in [1.82, 2.24) is 15.3 Å². The number of hydrogen-bond acceptors (Lipinski definition) is 6. The largest absolute Gasteiger partial charge is 0.494 e. The SMILES string of the molecule is CCOc1ccc(CNC(=O)c2cnc(N(CC)Cc3ccccc3)nc2N)cc1. The fraction of sp³-hybridized carbons (Fsp3) is 0.261. The fourth-order valence-corrected chi connectivity index (χ4v) is 2.99. The minimum Gasteiger partial charge on any atom is -0.494 e. The quantitative estimate of drug-likeness (QED) is 0.567. The van der Waals surface area contributed by atoms with Gasteiger partial charge >= 0.3 is 0 Å². The lowest BCUT2D eigenvalue weighted by Crippen LogP contribution is -2.27. The molecule has 7 nitrogen and oxygen atoms in total. The van der Waals surface area contributed by atoms with Gasteiger partial charge in [0.2, 0.25) is 5.95 Å². The van der Waals surface area contributed by atoms with Gasteiger partial charge in [-0.1, -0.05) is 42.5 Å². The number of anilines is 2. The maximum Gasteiger partial charge on any atom is 0.256 e. The summed E-state index contributed by atoms with van der Waals surface area (Å²) >= 11 is 0. The Hall–Kier alpha value is -3.61. The van der Waals surface area contributed by atoms with Crippen molar-refractivity contribution in [1.29, 1.82) is 0 Å². The highest BCUT2D eigenvalue weighted by molar-refractivity contribution is 5.98. The molecule has 0 unspecified atom stereocenters. The van der Waals surface area contributed by atoms with E-state index in [0.717, 1.165) is 23.4 Å². The number of nitrogen functional groups attached to an aromatic ring is 1. The Morgan fingerprint density at radius 1 is 1.07 bits per heavy atom. The molecule has 3 rings (SSSR count). The highest BCUT2D eigenvalue weighted by Gasteiger charge is 2.15. The summed E-state index contributed by atoms with van der Waals surface area (Å²) in [6, 6.07) is 17.7. The fourth-order valence-electron chi connectivity index (χ4n) is 2.99. The summed E-state index contributed by atoms with van der Waals surface area (Å²) in [5, 5.41) is 2.86. The predicted octanol–water partition coefficient (Wildman–Crippen LogP) is 3.41. The third-order valence-corrected chi connectivity index (χ3v) is 4.62. The van der Waals surface area contributed by atoms with Gasteiger partial charge in [0.25, 0.3) is 5.91 Å². The topological polar surface area (TPSA) is 93.4 Å². The van der Waals surface area contributed by atoms with E-state index >= 15 is 0 Å². The lowest BCUT2D eigenvalue weighted by atomic mass is 10.2. The molecule has 3 N–H and O–H groups in total.